The Morgan fingerprint density at radius 1 is 0.656 bits per heavy atom. The van der Waals surface area contributed by atoms with E-state index in [-0.39, 0.29) is 10.6 Å². The molecule has 5 aromatic carbocycles. The molecular formula is C27H17N2O3+. The number of nitro groups is 1. The minimum absolute atomic E-state index is 0.0946. The maximum absolute atomic E-state index is 12.1. The number of nitro benzene ring substituents is 1. The Kier molecular flexibility index (Phi) is 4.01. The number of rotatable bonds is 3. The normalized spacial score (nSPS) is 11.4. The molecule has 0 amide bonds. The average Bonchev–Trinajstić information content (AvgIpc) is 2.82. The number of hydrogen-bond donors (Lipinski definition) is 0. The Bertz CT molecular complexity index is 1690. The summed E-state index contributed by atoms with van der Waals surface area (Å²) >= 11 is 0. The van der Waals surface area contributed by atoms with E-state index in [1.807, 2.05) is 97.3 Å². The molecule has 0 saturated heterocycles. The van der Waals surface area contributed by atoms with E-state index in [1.165, 1.54) is 0 Å². The summed E-state index contributed by atoms with van der Waals surface area (Å²) in [5.41, 5.74) is 0.0946. The molecule has 1 heterocycles. The molecule has 6 aromatic rings. The van der Waals surface area contributed by atoms with Crippen LogP contribution in [0.15, 0.2) is 103 Å². The van der Waals surface area contributed by atoms with Crippen LogP contribution in [0.4, 0.5) is 5.69 Å². The Hall–Kier alpha value is -4.51. The third-order valence-corrected chi connectivity index (χ3v) is 5.85. The first-order valence-corrected chi connectivity index (χ1v) is 10.3. The third kappa shape index (κ3) is 2.83. The maximum Gasteiger partial charge on any atom is 0.285 e. The number of non-ortho nitro benzene ring substituents is 1. The van der Waals surface area contributed by atoms with Gasteiger partial charge in [-0.3, -0.25) is 10.1 Å². The first kappa shape index (κ1) is 18.3. The van der Waals surface area contributed by atoms with Crippen LogP contribution < -0.4 is 9.57 Å². The van der Waals surface area contributed by atoms with Crippen LogP contribution in [0.1, 0.15) is 0 Å². The molecule has 1 aromatic heterocycles. The van der Waals surface area contributed by atoms with Crippen molar-refractivity contribution < 1.29 is 14.5 Å². The molecule has 0 unspecified atom stereocenters. The Morgan fingerprint density at radius 2 is 1.25 bits per heavy atom. The maximum atomic E-state index is 12.1. The highest BCUT2D eigenvalue weighted by atomic mass is 16.7. The van der Waals surface area contributed by atoms with Crippen molar-refractivity contribution in [3.05, 3.63) is 114 Å². The zero-order valence-electron chi connectivity index (χ0n) is 16.9. The van der Waals surface area contributed by atoms with Gasteiger partial charge in [-0.2, -0.15) is 0 Å². The summed E-state index contributed by atoms with van der Waals surface area (Å²) in [6.07, 6.45) is 3.77. The molecule has 0 aliphatic rings. The second-order valence-corrected chi connectivity index (χ2v) is 7.75. The first-order valence-electron chi connectivity index (χ1n) is 10.3. The lowest BCUT2D eigenvalue weighted by Gasteiger charge is -2.11. The molecule has 6 rings (SSSR count). The SMILES string of the molecule is O=[N+]([O-])c1c2ccccc2cc2c(O[n+]3ccc4ccccc4c3)c3ccccc3cc12. The van der Waals surface area contributed by atoms with Crippen molar-refractivity contribution in [3.8, 4) is 5.75 Å². The van der Waals surface area contributed by atoms with Gasteiger partial charge in [0.2, 0.25) is 18.1 Å². The van der Waals surface area contributed by atoms with Gasteiger partial charge in [0, 0.05) is 21.6 Å². The van der Waals surface area contributed by atoms with Crippen molar-refractivity contribution in [2.75, 3.05) is 0 Å². The van der Waals surface area contributed by atoms with Crippen LogP contribution in [0.25, 0.3) is 43.1 Å². The van der Waals surface area contributed by atoms with Gasteiger partial charge < -0.3 is 0 Å². The molecule has 32 heavy (non-hydrogen) atoms. The number of benzene rings is 5. The van der Waals surface area contributed by atoms with Crippen LogP contribution in [-0.2, 0) is 0 Å². The molecule has 0 radical (unpaired) electrons. The fourth-order valence-corrected chi connectivity index (χ4v) is 4.38. The minimum atomic E-state index is -0.299. The summed E-state index contributed by atoms with van der Waals surface area (Å²) in [5, 5.41) is 18.7. The molecule has 152 valence electrons. The number of pyridine rings is 1. The lowest BCUT2D eigenvalue weighted by atomic mass is 9.97. The van der Waals surface area contributed by atoms with Gasteiger partial charge in [0.25, 0.3) is 5.69 Å². The van der Waals surface area contributed by atoms with Crippen molar-refractivity contribution in [1.82, 2.24) is 0 Å². The van der Waals surface area contributed by atoms with Gasteiger partial charge in [0.05, 0.1) is 21.1 Å². The third-order valence-electron chi connectivity index (χ3n) is 5.85. The predicted molar refractivity (Wildman–Crippen MR) is 126 cm³/mol. The topological polar surface area (TPSA) is 56.3 Å². The smallest absolute Gasteiger partial charge is 0.258 e. The molecule has 0 fully saturated rings. The summed E-state index contributed by atoms with van der Waals surface area (Å²) in [6.45, 7) is 0. The Morgan fingerprint density at radius 3 is 2.00 bits per heavy atom. The van der Waals surface area contributed by atoms with E-state index in [0.29, 0.717) is 21.9 Å². The van der Waals surface area contributed by atoms with E-state index in [0.717, 1.165) is 26.9 Å². The highest BCUT2D eigenvalue weighted by molar-refractivity contribution is 6.15. The lowest BCUT2D eigenvalue weighted by Crippen LogP contribution is -2.38. The van der Waals surface area contributed by atoms with Gasteiger partial charge >= 0.3 is 0 Å². The van der Waals surface area contributed by atoms with Gasteiger partial charge in [0.15, 0.2) is 0 Å². The van der Waals surface area contributed by atoms with E-state index in [4.69, 9.17) is 4.84 Å². The van der Waals surface area contributed by atoms with Gasteiger partial charge in [-0.25, -0.2) is 4.84 Å². The van der Waals surface area contributed by atoms with E-state index < -0.39 is 0 Å². The summed E-state index contributed by atoms with van der Waals surface area (Å²) in [5.74, 6) is 0.590. The lowest BCUT2D eigenvalue weighted by molar-refractivity contribution is -0.873. The summed E-state index contributed by atoms with van der Waals surface area (Å²) in [4.78, 5) is 18.2. The van der Waals surface area contributed by atoms with Gasteiger partial charge in [-0.15, -0.1) is 0 Å². The number of hydrogen-bond acceptors (Lipinski definition) is 3. The highest BCUT2D eigenvalue weighted by Crippen LogP contribution is 2.42. The molecule has 0 spiro atoms. The van der Waals surface area contributed by atoms with Crippen LogP contribution in [0.2, 0.25) is 0 Å². The van der Waals surface area contributed by atoms with Gasteiger partial charge in [-0.05, 0) is 40.4 Å². The summed E-state index contributed by atoms with van der Waals surface area (Å²) < 4.78 is 1.66. The minimum Gasteiger partial charge on any atom is -0.258 e. The van der Waals surface area contributed by atoms with Crippen LogP contribution in [0.3, 0.4) is 0 Å². The summed E-state index contributed by atoms with van der Waals surface area (Å²) in [6, 6.07) is 29.1. The highest BCUT2D eigenvalue weighted by Gasteiger charge is 2.23. The fourth-order valence-electron chi connectivity index (χ4n) is 4.38. The van der Waals surface area contributed by atoms with Crippen LogP contribution in [-0.4, -0.2) is 4.92 Å². The zero-order chi connectivity index (χ0) is 21.7. The van der Waals surface area contributed by atoms with E-state index in [9.17, 15) is 10.1 Å². The standard InChI is InChI=1S/C27H17N2O3/c30-29(31)26-22-11-5-3-8-19(22)16-25-24(26)15-20-9-4-6-12-23(20)27(25)32-28-14-13-18-7-1-2-10-21(18)17-28/h1-17H/q+1. The van der Waals surface area contributed by atoms with Crippen LogP contribution >= 0.6 is 0 Å². The molecule has 0 bridgehead atoms. The van der Waals surface area contributed by atoms with Crippen molar-refractivity contribution in [3.63, 3.8) is 0 Å². The molecule has 5 heteroatoms. The quantitative estimate of drug-likeness (QED) is 0.146. The second-order valence-electron chi connectivity index (χ2n) is 7.75. The summed E-state index contributed by atoms with van der Waals surface area (Å²) in [7, 11) is 0. The molecule has 0 N–H and O–H groups in total. The van der Waals surface area contributed by atoms with E-state index in [1.54, 1.807) is 10.8 Å². The first-order chi connectivity index (χ1) is 15.7. The fraction of sp³-hybridized carbons (Fsp3) is 0. The zero-order valence-corrected chi connectivity index (χ0v) is 16.9. The Labute approximate surface area is 182 Å². The van der Waals surface area contributed by atoms with Crippen LogP contribution in [0.5, 0.6) is 5.75 Å². The number of fused-ring (bicyclic) bond motifs is 4. The number of nitrogens with zero attached hydrogens (tertiary/aromatic N) is 2. The van der Waals surface area contributed by atoms with Crippen LogP contribution in [0, 0.1) is 10.1 Å². The molecular weight excluding hydrogens is 400 g/mol. The van der Waals surface area contributed by atoms with E-state index in [2.05, 4.69) is 0 Å². The van der Waals surface area contributed by atoms with Gasteiger partial charge in [0.1, 0.15) is 0 Å². The predicted octanol–water partition coefficient (Wildman–Crippen LogP) is 6.34. The molecule has 0 atom stereocenters. The van der Waals surface area contributed by atoms with Crippen molar-refractivity contribution in [1.29, 1.82) is 0 Å². The van der Waals surface area contributed by atoms with E-state index >= 15 is 0 Å². The number of aromatic nitrogens is 1. The van der Waals surface area contributed by atoms with Crippen molar-refractivity contribution in [2.24, 2.45) is 0 Å². The second kappa shape index (κ2) is 7.03. The molecule has 0 aliphatic heterocycles. The van der Waals surface area contributed by atoms with Crippen molar-refractivity contribution >= 4 is 48.8 Å². The molecule has 0 saturated carbocycles. The van der Waals surface area contributed by atoms with Gasteiger partial charge in [-0.1, -0.05) is 60.7 Å². The van der Waals surface area contributed by atoms with Crippen molar-refractivity contribution in [2.45, 2.75) is 0 Å². The average molecular weight is 417 g/mol. The molecule has 0 aliphatic carbocycles. The largest absolute Gasteiger partial charge is 0.285 e. The molecule has 5 nitrogen and oxygen atoms in total. The Balaban J connectivity index is 1.70. The monoisotopic (exact) mass is 417 g/mol.